The number of hydrogen-bond donors (Lipinski definition) is 1. The molecule has 0 fully saturated rings. The minimum atomic E-state index is -0.520. The minimum Gasteiger partial charge on any atom is -0.348 e. The second-order valence-corrected chi connectivity index (χ2v) is 9.37. The Morgan fingerprint density at radius 2 is 2.00 bits per heavy atom. The van der Waals surface area contributed by atoms with Gasteiger partial charge in [0.05, 0.1) is 23.3 Å². The number of aromatic amines is 1. The maximum atomic E-state index is 13.1. The summed E-state index contributed by atoms with van der Waals surface area (Å²) in [4.78, 5) is 32.7. The molecule has 1 aromatic carbocycles. The van der Waals surface area contributed by atoms with Gasteiger partial charge in [-0.25, -0.2) is 4.79 Å². The zero-order valence-corrected chi connectivity index (χ0v) is 20.2. The Labute approximate surface area is 204 Å². The van der Waals surface area contributed by atoms with E-state index >= 15 is 0 Å². The first kappa shape index (κ1) is 22.6. The number of pyridine rings is 1. The molecule has 0 bridgehead atoms. The third kappa shape index (κ3) is 3.92. The Hall–Kier alpha value is -4.16. The predicted octanol–water partition coefficient (Wildman–Crippen LogP) is 3.67. The molecule has 0 saturated heterocycles. The molecular formula is C25H22ClN7O2. The number of benzene rings is 1. The monoisotopic (exact) mass is 487 g/mol. The highest BCUT2D eigenvalue weighted by Crippen LogP contribution is 2.30. The van der Waals surface area contributed by atoms with E-state index in [0.29, 0.717) is 46.1 Å². The smallest absolute Gasteiger partial charge is 0.330 e. The van der Waals surface area contributed by atoms with Gasteiger partial charge in [-0.3, -0.25) is 24.0 Å². The number of aromatic nitrogens is 6. The van der Waals surface area contributed by atoms with Gasteiger partial charge in [0.2, 0.25) is 0 Å². The normalized spacial score (nSPS) is 11.5. The highest BCUT2D eigenvalue weighted by Gasteiger charge is 2.23. The van der Waals surface area contributed by atoms with Crippen molar-refractivity contribution < 1.29 is 0 Å². The van der Waals surface area contributed by atoms with Gasteiger partial charge in [-0.1, -0.05) is 25.4 Å². The van der Waals surface area contributed by atoms with Crippen molar-refractivity contribution in [3.8, 4) is 17.5 Å². The molecule has 4 aromatic heterocycles. The number of halogens is 1. The Bertz CT molecular complexity index is 1770. The summed E-state index contributed by atoms with van der Waals surface area (Å²) < 4.78 is 4.99. The van der Waals surface area contributed by atoms with Gasteiger partial charge in [0.15, 0.2) is 5.65 Å². The van der Waals surface area contributed by atoms with Crippen molar-refractivity contribution in [2.45, 2.75) is 26.9 Å². The Balaban J connectivity index is 1.84. The van der Waals surface area contributed by atoms with Gasteiger partial charge in [-0.05, 0) is 41.8 Å². The quantitative estimate of drug-likeness (QED) is 0.406. The number of nitrogens with zero attached hydrogens (tertiary/aromatic N) is 6. The third-order valence-corrected chi connectivity index (χ3v) is 6.16. The second kappa shape index (κ2) is 8.56. The van der Waals surface area contributed by atoms with Crippen LogP contribution in [0.1, 0.15) is 25.0 Å². The molecule has 0 atom stereocenters. The van der Waals surface area contributed by atoms with Gasteiger partial charge in [0, 0.05) is 36.4 Å². The second-order valence-electron chi connectivity index (χ2n) is 8.94. The fraction of sp³-hybridized carbons (Fsp3) is 0.240. The molecule has 5 rings (SSSR count). The lowest BCUT2D eigenvalue weighted by Gasteiger charge is -2.11. The standard InChI is InChI=1S/C25H22ClN7O2/c1-14(2)11-32-23-21(24(34)29-25(32)35)22(20-8-15(10-27)12-31(20)3)33(30-23)13-16-6-7-28-19-5-4-17(26)9-18(16)19/h4-9,12,14H,11,13H2,1-3H3,(H,29,34,35). The van der Waals surface area contributed by atoms with E-state index in [0.717, 1.165) is 16.5 Å². The molecule has 0 amide bonds. The Morgan fingerprint density at radius 3 is 2.71 bits per heavy atom. The van der Waals surface area contributed by atoms with Crippen LogP contribution in [0.5, 0.6) is 0 Å². The van der Waals surface area contributed by atoms with Crippen molar-refractivity contribution in [1.29, 1.82) is 5.26 Å². The molecule has 0 aliphatic heterocycles. The van der Waals surface area contributed by atoms with E-state index in [1.54, 1.807) is 40.8 Å². The summed E-state index contributed by atoms with van der Waals surface area (Å²) in [5.41, 5.74) is 2.58. The SMILES string of the molecule is CC(C)Cn1c(=O)[nH]c(=O)c2c(-c3cc(C#N)cn3C)n(Cc3ccnc4ccc(Cl)cc34)nc21. The van der Waals surface area contributed by atoms with E-state index in [1.165, 1.54) is 4.57 Å². The van der Waals surface area contributed by atoms with Gasteiger partial charge >= 0.3 is 5.69 Å². The van der Waals surface area contributed by atoms with E-state index in [-0.39, 0.29) is 5.92 Å². The maximum Gasteiger partial charge on any atom is 0.330 e. The summed E-state index contributed by atoms with van der Waals surface area (Å²) in [6.07, 6.45) is 3.41. The lowest BCUT2D eigenvalue weighted by atomic mass is 10.1. The molecule has 0 radical (unpaired) electrons. The summed E-state index contributed by atoms with van der Waals surface area (Å²) >= 11 is 6.26. The van der Waals surface area contributed by atoms with Crippen LogP contribution in [-0.2, 0) is 20.1 Å². The first-order chi connectivity index (χ1) is 16.8. The summed E-state index contributed by atoms with van der Waals surface area (Å²) in [6.45, 7) is 4.67. The fourth-order valence-corrected chi connectivity index (χ4v) is 4.59. The van der Waals surface area contributed by atoms with Crippen molar-refractivity contribution >= 4 is 33.5 Å². The van der Waals surface area contributed by atoms with Crippen LogP contribution in [0.3, 0.4) is 0 Å². The lowest BCUT2D eigenvalue weighted by Crippen LogP contribution is -2.31. The summed E-state index contributed by atoms with van der Waals surface area (Å²) in [5.74, 6) is 0.155. The van der Waals surface area contributed by atoms with E-state index in [9.17, 15) is 14.9 Å². The molecule has 5 aromatic rings. The van der Waals surface area contributed by atoms with E-state index < -0.39 is 11.2 Å². The molecule has 9 nitrogen and oxygen atoms in total. The highest BCUT2D eigenvalue weighted by molar-refractivity contribution is 6.31. The van der Waals surface area contributed by atoms with Crippen LogP contribution in [0.2, 0.25) is 5.02 Å². The summed E-state index contributed by atoms with van der Waals surface area (Å²) in [6, 6.07) is 11.2. The largest absolute Gasteiger partial charge is 0.348 e. The number of rotatable bonds is 5. The molecule has 10 heteroatoms. The van der Waals surface area contributed by atoms with Crippen LogP contribution < -0.4 is 11.2 Å². The molecule has 0 unspecified atom stereocenters. The minimum absolute atomic E-state index is 0.155. The van der Waals surface area contributed by atoms with Crippen molar-refractivity contribution in [1.82, 2.24) is 28.9 Å². The summed E-state index contributed by atoms with van der Waals surface area (Å²) in [7, 11) is 1.80. The zero-order chi connectivity index (χ0) is 24.9. The molecule has 35 heavy (non-hydrogen) atoms. The number of nitriles is 1. The molecular weight excluding hydrogens is 466 g/mol. The van der Waals surface area contributed by atoms with Crippen LogP contribution in [0.15, 0.2) is 52.3 Å². The fourth-order valence-electron chi connectivity index (χ4n) is 4.42. The Kier molecular flexibility index (Phi) is 5.53. The van der Waals surface area contributed by atoms with Gasteiger partial charge in [-0.2, -0.15) is 10.4 Å². The number of fused-ring (bicyclic) bond motifs is 2. The molecule has 0 aliphatic carbocycles. The summed E-state index contributed by atoms with van der Waals surface area (Å²) in [5, 5.41) is 16.0. The van der Waals surface area contributed by atoms with Crippen LogP contribution in [0.4, 0.5) is 0 Å². The number of hydrogen-bond acceptors (Lipinski definition) is 5. The maximum absolute atomic E-state index is 13.1. The van der Waals surface area contributed by atoms with Crippen LogP contribution in [-0.4, -0.2) is 28.9 Å². The number of H-pyrrole nitrogens is 1. The van der Waals surface area contributed by atoms with Gasteiger partial charge in [0.25, 0.3) is 5.56 Å². The first-order valence-corrected chi connectivity index (χ1v) is 11.5. The lowest BCUT2D eigenvalue weighted by molar-refractivity contribution is 0.510. The molecule has 1 N–H and O–H groups in total. The van der Waals surface area contributed by atoms with E-state index in [1.807, 2.05) is 32.0 Å². The van der Waals surface area contributed by atoms with Gasteiger partial charge < -0.3 is 4.57 Å². The first-order valence-electron chi connectivity index (χ1n) is 11.1. The van der Waals surface area contributed by atoms with E-state index in [4.69, 9.17) is 16.7 Å². The molecule has 0 spiro atoms. The van der Waals surface area contributed by atoms with Crippen molar-refractivity contribution in [3.05, 3.63) is 79.7 Å². The molecule has 176 valence electrons. The topological polar surface area (TPSA) is 114 Å². The average Bonchev–Trinajstić information content (AvgIpc) is 3.37. The van der Waals surface area contributed by atoms with Crippen LogP contribution >= 0.6 is 11.6 Å². The average molecular weight is 488 g/mol. The number of nitrogens with one attached hydrogen (secondary N) is 1. The predicted molar refractivity (Wildman–Crippen MR) is 134 cm³/mol. The van der Waals surface area contributed by atoms with Gasteiger partial charge in [0.1, 0.15) is 17.1 Å². The van der Waals surface area contributed by atoms with Crippen molar-refractivity contribution in [2.75, 3.05) is 0 Å². The third-order valence-electron chi connectivity index (χ3n) is 5.92. The van der Waals surface area contributed by atoms with Crippen molar-refractivity contribution in [3.63, 3.8) is 0 Å². The van der Waals surface area contributed by atoms with Gasteiger partial charge in [-0.15, -0.1) is 0 Å². The van der Waals surface area contributed by atoms with Crippen LogP contribution in [0.25, 0.3) is 33.3 Å². The molecule has 0 saturated carbocycles. The molecule has 4 heterocycles. The highest BCUT2D eigenvalue weighted by atomic mass is 35.5. The Morgan fingerprint density at radius 1 is 1.20 bits per heavy atom. The van der Waals surface area contributed by atoms with E-state index in [2.05, 4.69) is 16.0 Å². The van der Waals surface area contributed by atoms with Crippen LogP contribution in [0, 0.1) is 17.2 Å². The zero-order valence-electron chi connectivity index (χ0n) is 19.4. The molecule has 0 aliphatic rings. The van der Waals surface area contributed by atoms with Crippen molar-refractivity contribution in [2.24, 2.45) is 13.0 Å². The number of aryl methyl sites for hydroxylation is 1.